The second-order valence-electron chi connectivity index (χ2n) is 3.91. The van der Waals surface area contributed by atoms with Crippen molar-refractivity contribution in [2.75, 3.05) is 12.0 Å². The van der Waals surface area contributed by atoms with Crippen molar-refractivity contribution >= 4 is 29.3 Å². The molecule has 0 fully saturated rings. The van der Waals surface area contributed by atoms with Gasteiger partial charge in [0.1, 0.15) is 0 Å². The summed E-state index contributed by atoms with van der Waals surface area (Å²) < 4.78 is 0. The molecule has 1 aromatic rings. The van der Waals surface area contributed by atoms with Crippen LogP contribution in [0.4, 0.5) is 0 Å². The first-order valence-electron chi connectivity index (χ1n) is 5.35. The molecular weight excluding hydrogens is 256 g/mol. The number of nitrogens with one attached hydrogen (secondary N) is 1. The fourth-order valence-corrected chi connectivity index (χ4v) is 2.30. The molecule has 0 aliphatic rings. The molecule has 0 aliphatic heterocycles. The van der Waals surface area contributed by atoms with Gasteiger partial charge < -0.3 is 11.1 Å². The van der Waals surface area contributed by atoms with E-state index in [-0.39, 0.29) is 0 Å². The topological polar surface area (TPSA) is 55.1 Å². The van der Waals surface area contributed by atoms with E-state index in [9.17, 15) is 4.79 Å². The molecule has 0 spiro atoms. The first-order valence-corrected chi connectivity index (χ1v) is 7.12. The maximum atomic E-state index is 11.0. The van der Waals surface area contributed by atoms with E-state index in [0.29, 0.717) is 23.2 Å². The van der Waals surface area contributed by atoms with Gasteiger partial charge >= 0.3 is 0 Å². The quantitative estimate of drug-likeness (QED) is 0.835. The van der Waals surface area contributed by atoms with Crippen LogP contribution in [0, 0.1) is 0 Å². The molecule has 1 rings (SSSR count). The summed E-state index contributed by atoms with van der Waals surface area (Å²) in [5, 5.41) is 3.94. The molecule has 0 aromatic heterocycles. The number of benzene rings is 1. The standard InChI is InChI=1S/C12H17ClN2OS/c1-8(7-17-2)15-6-10-4-3-9(12(14)16)5-11(10)13/h3-5,8,15H,6-7H2,1-2H3,(H2,14,16). The number of primary amides is 1. The molecule has 1 atom stereocenters. The Morgan fingerprint density at radius 2 is 2.29 bits per heavy atom. The average molecular weight is 273 g/mol. The average Bonchev–Trinajstić information content (AvgIpc) is 2.27. The number of amides is 1. The summed E-state index contributed by atoms with van der Waals surface area (Å²) in [5.41, 5.74) is 6.60. The monoisotopic (exact) mass is 272 g/mol. The number of hydrogen-bond acceptors (Lipinski definition) is 3. The zero-order valence-corrected chi connectivity index (χ0v) is 11.6. The molecule has 0 saturated carbocycles. The van der Waals surface area contributed by atoms with E-state index in [4.69, 9.17) is 17.3 Å². The summed E-state index contributed by atoms with van der Waals surface area (Å²) >= 11 is 7.88. The van der Waals surface area contributed by atoms with E-state index in [1.807, 2.05) is 6.07 Å². The second-order valence-corrected chi connectivity index (χ2v) is 5.23. The van der Waals surface area contributed by atoms with Crippen LogP contribution in [0.2, 0.25) is 5.02 Å². The Hall–Kier alpha value is -0.710. The fraction of sp³-hybridized carbons (Fsp3) is 0.417. The second kappa shape index (κ2) is 6.89. The molecule has 5 heteroatoms. The zero-order valence-electron chi connectivity index (χ0n) is 10.00. The summed E-state index contributed by atoms with van der Waals surface area (Å²) in [6.07, 6.45) is 2.08. The van der Waals surface area contributed by atoms with E-state index in [1.165, 1.54) is 0 Å². The predicted octanol–water partition coefficient (Wildman–Crippen LogP) is 2.28. The fourth-order valence-electron chi connectivity index (χ4n) is 1.44. The van der Waals surface area contributed by atoms with Crippen LogP contribution in [0.15, 0.2) is 18.2 Å². The lowest BCUT2D eigenvalue weighted by molar-refractivity contribution is 0.100. The molecule has 0 bridgehead atoms. The van der Waals surface area contributed by atoms with Gasteiger partial charge in [-0.15, -0.1) is 0 Å². The highest BCUT2D eigenvalue weighted by Gasteiger charge is 2.07. The van der Waals surface area contributed by atoms with Gasteiger partial charge in [-0.2, -0.15) is 11.8 Å². The molecule has 94 valence electrons. The Balaban J connectivity index is 2.63. The number of carbonyl (C=O) groups is 1. The molecule has 1 amide bonds. The number of thioether (sulfide) groups is 1. The Kier molecular flexibility index (Phi) is 5.82. The SMILES string of the molecule is CSCC(C)NCc1ccc(C(N)=O)cc1Cl. The van der Waals surface area contributed by atoms with Gasteiger partial charge in [0.25, 0.3) is 0 Å². The van der Waals surface area contributed by atoms with Gasteiger partial charge in [0.15, 0.2) is 0 Å². The molecule has 1 unspecified atom stereocenters. The summed E-state index contributed by atoms with van der Waals surface area (Å²) in [7, 11) is 0. The minimum atomic E-state index is -0.456. The van der Waals surface area contributed by atoms with E-state index in [0.717, 1.165) is 11.3 Å². The van der Waals surface area contributed by atoms with Crippen molar-refractivity contribution < 1.29 is 4.79 Å². The minimum Gasteiger partial charge on any atom is -0.366 e. The maximum absolute atomic E-state index is 11.0. The van der Waals surface area contributed by atoms with Gasteiger partial charge in [-0.3, -0.25) is 4.79 Å². The lowest BCUT2D eigenvalue weighted by Crippen LogP contribution is -2.27. The highest BCUT2D eigenvalue weighted by Crippen LogP contribution is 2.17. The molecule has 0 saturated heterocycles. The molecule has 3 N–H and O–H groups in total. The Labute approximate surface area is 111 Å². The van der Waals surface area contributed by atoms with E-state index >= 15 is 0 Å². The Morgan fingerprint density at radius 3 is 2.82 bits per heavy atom. The largest absolute Gasteiger partial charge is 0.366 e. The first kappa shape index (κ1) is 14.4. The molecule has 17 heavy (non-hydrogen) atoms. The van der Waals surface area contributed by atoms with Crippen LogP contribution in [0.5, 0.6) is 0 Å². The van der Waals surface area contributed by atoms with Crippen molar-refractivity contribution in [2.24, 2.45) is 5.73 Å². The minimum absolute atomic E-state index is 0.428. The number of hydrogen-bond donors (Lipinski definition) is 2. The molecule has 0 aliphatic carbocycles. The Bertz CT molecular complexity index is 398. The van der Waals surface area contributed by atoms with Crippen molar-refractivity contribution in [2.45, 2.75) is 19.5 Å². The van der Waals surface area contributed by atoms with E-state index in [1.54, 1.807) is 23.9 Å². The van der Waals surface area contributed by atoms with Gasteiger partial charge in [-0.25, -0.2) is 0 Å². The molecular formula is C12H17ClN2OS. The van der Waals surface area contributed by atoms with Crippen LogP contribution in [0.1, 0.15) is 22.8 Å². The molecule has 0 heterocycles. The van der Waals surface area contributed by atoms with E-state index in [2.05, 4.69) is 18.5 Å². The normalized spacial score (nSPS) is 12.4. The molecule has 1 aromatic carbocycles. The first-order chi connectivity index (χ1) is 8.04. The van der Waals surface area contributed by atoms with Crippen LogP contribution in [-0.4, -0.2) is 24.0 Å². The van der Waals surface area contributed by atoms with Gasteiger partial charge in [0.2, 0.25) is 5.91 Å². The number of nitrogens with two attached hydrogens (primary N) is 1. The number of carbonyl (C=O) groups excluding carboxylic acids is 1. The van der Waals surface area contributed by atoms with E-state index < -0.39 is 5.91 Å². The molecule has 3 nitrogen and oxygen atoms in total. The number of rotatable bonds is 6. The van der Waals surface area contributed by atoms with Crippen molar-refractivity contribution in [3.63, 3.8) is 0 Å². The van der Waals surface area contributed by atoms with Crippen LogP contribution in [0.3, 0.4) is 0 Å². The predicted molar refractivity (Wildman–Crippen MR) is 74.7 cm³/mol. The van der Waals surface area contributed by atoms with Crippen LogP contribution < -0.4 is 11.1 Å². The lowest BCUT2D eigenvalue weighted by Gasteiger charge is -2.13. The summed E-state index contributed by atoms with van der Waals surface area (Å²) in [6.45, 7) is 2.82. The van der Waals surface area contributed by atoms with Gasteiger partial charge in [0.05, 0.1) is 0 Å². The smallest absolute Gasteiger partial charge is 0.248 e. The van der Waals surface area contributed by atoms with Crippen molar-refractivity contribution in [1.29, 1.82) is 0 Å². The third-order valence-corrected chi connectivity index (χ3v) is 3.58. The highest BCUT2D eigenvalue weighted by molar-refractivity contribution is 7.98. The summed E-state index contributed by atoms with van der Waals surface area (Å²) in [4.78, 5) is 11.0. The summed E-state index contributed by atoms with van der Waals surface area (Å²) in [6, 6.07) is 5.57. The Morgan fingerprint density at radius 1 is 1.59 bits per heavy atom. The van der Waals surface area contributed by atoms with Crippen molar-refractivity contribution in [3.05, 3.63) is 34.3 Å². The van der Waals surface area contributed by atoms with Crippen LogP contribution >= 0.6 is 23.4 Å². The van der Waals surface area contributed by atoms with Crippen LogP contribution in [-0.2, 0) is 6.54 Å². The third kappa shape index (κ3) is 4.58. The van der Waals surface area contributed by atoms with Gasteiger partial charge in [-0.05, 0) is 30.9 Å². The van der Waals surface area contributed by atoms with Crippen molar-refractivity contribution in [1.82, 2.24) is 5.32 Å². The van der Waals surface area contributed by atoms with Crippen LogP contribution in [0.25, 0.3) is 0 Å². The molecule has 0 radical (unpaired) electrons. The maximum Gasteiger partial charge on any atom is 0.248 e. The lowest BCUT2D eigenvalue weighted by atomic mass is 10.1. The zero-order chi connectivity index (χ0) is 12.8. The number of halogens is 1. The van der Waals surface area contributed by atoms with Gasteiger partial charge in [0, 0.05) is 28.9 Å². The summed E-state index contributed by atoms with van der Waals surface area (Å²) in [5.74, 6) is 0.596. The van der Waals surface area contributed by atoms with Crippen molar-refractivity contribution in [3.8, 4) is 0 Å². The highest BCUT2D eigenvalue weighted by atomic mass is 35.5. The third-order valence-electron chi connectivity index (χ3n) is 2.40. The van der Waals surface area contributed by atoms with Gasteiger partial charge in [-0.1, -0.05) is 17.7 Å².